The van der Waals surface area contributed by atoms with Crippen LogP contribution in [0.1, 0.15) is 18.3 Å². The maximum atomic E-state index is 5.64. The van der Waals surface area contributed by atoms with Gasteiger partial charge in [0.25, 0.3) is 0 Å². The number of oxazole rings is 1. The molecular weight excluding hydrogens is 352 g/mol. The molecule has 0 saturated heterocycles. The summed E-state index contributed by atoms with van der Waals surface area (Å²) in [4.78, 5) is 4.58. The number of aromatic nitrogens is 3. The largest absolute Gasteiger partial charge is 0.494 e. The average Bonchev–Trinajstić information content (AvgIpc) is 3.34. The normalized spacial score (nSPS) is 10.8. The van der Waals surface area contributed by atoms with Gasteiger partial charge in [-0.3, -0.25) is 0 Å². The highest BCUT2D eigenvalue weighted by Gasteiger charge is 2.10. The highest BCUT2D eigenvalue weighted by molar-refractivity contribution is 5.55. The molecule has 2 aromatic carbocycles. The minimum atomic E-state index is 0.540. The van der Waals surface area contributed by atoms with Crippen molar-refractivity contribution in [3.63, 3.8) is 0 Å². The van der Waals surface area contributed by atoms with E-state index in [0.717, 1.165) is 34.2 Å². The Morgan fingerprint density at radius 1 is 1.07 bits per heavy atom. The number of ether oxygens (including phenoxy) is 1. The topological polar surface area (TPSA) is 65.1 Å². The molecule has 0 aliphatic carbocycles. The Hall–Kier alpha value is -3.54. The van der Waals surface area contributed by atoms with Crippen LogP contribution in [0.5, 0.6) is 5.75 Å². The van der Waals surface area contributed by atoms with Crippen molar-refractivity contribution in [3.05, 3.63) is 78.3 Å². The van der Waals surface area contributed by atoms with Gasteiger partial charge in [-0.2, -0.15) is 5.10 Å². The van der Waals surface area contributed by atoms with Gasteiger partial charge in [0.1, 0.15) is 17.8 Å². The van der Waals surface area contributed by atoms with E-state index < -0.39 is 0 Å². The predicted molar refractivity (Wildman–Crippen MR) is 109 cm³/mol. The number of para-hydroxylation sites is 1. The van der Waals surface area contributed by atoms with Gasteiger partial charge in [0, 0.05) is 11.6 Å². The first-order valence-corrected chi connectivity index (χ1v) is 9.26. The third-order valence-electron chi connectivity index (χ3n) is 4.25. The lowest BCUT2D eigenvalue weighted by Crippen LogP contribution is -2.06. The lowest BCUT2D eigenvalue weighted by Gasteiger charge is -2.08. The lowest BCUT2D eigenvalue weighted by molar-refractivity contribution is 0.340. The van der Waals surface area contributed by atoms with Crippen LogP contribution in [0.3, 0.4) is 0 Å². The Balaban J connectivity index is 1.47. The fraction of sp³-hybridized carbons (Fsp3) is 0.182. The molecule has 2 aromatic heterocycles. The smallest absolute Gasteiger partial charge is 0.226 e. The first kappa shape index (κ1) is 17.9. The molecule has 0 aliphatic rings. The van der Waals surface area contributed by atoms with Gasteiger partial charge in [0.05, 0.1) is 30.2 Å². The molecule has 4 aromatic rings. The molecule has 6 heteroatoms. The number of nitrogens with one attached hydrogen (secondary N) is 1. The van der Waals surface area contributed by atoms with Crippen LogP contribution in [-0.4, -0.2) is 21.4 Å². The summed E-state index contributed by atoms with van der Waals surface area (Å²) in [6, 6.07) is 19.8. The molecule has 28 heavy (non-hydrogen) atoms. The van der Waals surface area contributed by atoms with Gasteiger partial charge < -0.3 is 14.5 Å². The van der Waals surface area contributed by atoms with E-state index in [9.17, 15) is 0 Å². The summed E-state index contributed by atoms with van der Waals surface area (Å²) in [5.74, 6) is 2.34. The molecule has 0 amide bonds. The molecule has 2 heterocycles. The summed E-state index contributed by atoms with van der Waals surface area (Å²) in [6.07, 6.45) is 1.68. The number of hydrogen-bond donors (Lipinski definition) is 1. The number of hydrogen-bond acceptors (Lipinski definition) is 5. The molecule has 0 radical (unpaired) electrons. The zero-order valence-electron chi connectivity index (χ0n) is 15.9. The van der Waals surface area contributed by atoms with E-state index in [-0.39, 0.29) is 0 Å². The molecule has 0 fully saturated rings. The first-order valence-electron chi connectivity index (χ1n) is 9.26. The Kier molecular flexibility index (Phi) is 5.10. The minimum absolute atomic E-state index is 0.540. The maximum Gasteiger partial charge on any atom is 0.226 e. The van der Waals surface area contributed by atoms with Crippen molar-refractivity contribution in [2.24, 2.45) is 0 Å². The van der Waals surface area contributed by atoms with E-state index >= 15 is 0 Å². The minimum Gasteiger partial charge on any atom is -0.494 e. The number of aryl methyl sites for hydroxylation is 1. The second-order valence-electron chi connectivity index (χ2n) is 6.37. The number of benzene rings is 2. The van der Waals surface area contributed by atoms with Crippen molar-refractivity contribution in [2.45, 2.75) is 20.4 Å². The van der Waals surface area contributed by atoms with Crippen LogP contribution in [0.15, 0.2) is 71.3 Å². The summed E-state index contributed by atoms with van der Waals surface area (Å²) >= 11 is 0. The molecule has 0 aliphatic heterocycles. The molecular formula is C22H22N4O2. The van der Waals surface area contributed by atoms with Gasteiger partial charge in [-0.05, 0) is 50.2 Å². The van der Waals surface area contributed by atoms with Gasteiger partial charge >= 0.3 is 0 Å². The second kappa shape index (κ2) is 8.00. The fourth-order valence-electron chi connectivity index (χ4n) is 2.95. The lowest BCUT2D eigenvalue weighted by atomic mass is 10.2. The standard InChI is InChI=1S/C22H22N4O2/c1-3-27-20-11-9-17(10-12-20)22-24-18(15-28-22)14-23-21-13-16(2)25-26(21)19-7-5-4-6-8-19/h4-13,15,23H,3,14H2,1-2H3. The molecule has 0 atom stereocenters. The fourth-order valence-corrected chi connectivity index (χ4v) is 2.95. The maximum absolute atomic E-state index is 5.64. The van der Waals surface area contributed by atoms with Crippen LogP contribution in [-0.2, 0) is 6.54 Å². The Labute approximate surface area is 163 Å². The van der Waals surface area contributed by atoms with Crippen molar-refractivity contribution in [1.82, 2.24) is 14.8 Å². The van der Waals surface area contributed by atoms with Crippen LogP contribution < -0.4 is 10.1 Å². The predicted octanol–water partition coefficient (Wildman–Crippen LogP) is 4.85. The van der Waals surface area contributed by atoms with E-state index in [2.05, 4.69) is 15.4 Å². The van der Waals surface area contributed by atoms with Gasteiger partial charge in [0.2, 0.25) is 5.89 Å². The van der Waals surface area contributed by atoms with Crippen molar-refractivity contribution in [3.8, 4) is 22.9 Å². The summed E-state index contributed by atoms with van der Waals surface area (Å²) in [5, 5.41) is 7.97. The van der Waals surface area contributed by atoms with Crippen molar-refractivity contribution in [2.75, 3.05) is 11.9 Å². The van der Waals surface area contributed by atoms with E-state index in [1.165, 1.54) is 0 Å². The van der Waals surface area contributed by atoms with Crippen LogP contribution >= 0.6 is 0 Å². The van der Waals surface area contributed by atoms with Gasteiger partial charge in [-0.1, -0.05) is 18.2 Å². The summed E-state index contributed by atoms with van der Waals surface area (Å²) in [5.41, 5.74) is 3.69. The van der Waals surface area contributed by atoms with E-state index in [0.29, 0.717) is 19.0 Å². The van der Waals surface area contributed by atoms with Crippen LogP contribution in [0, 0.1) is 6.92 Å². The number of anilines is 1. The SMILES string of the molecule is CCOc1ccc(-c2nc(CNc3cc(C)nn3-c3ccccc3)co2)cc1. The van der Waals surface area contributed by atoms with Gasteiger partial charge in [-0.25, -0.2) is 9.67 Å². The number of rotatable bonds is 7. The third kappa shape index (κ3) is 3.91. The molecule has 0 spiro atoms. The van der Waals surface area contributed by atoms with E-state index in [1.807, 2.05) is 79.2 Å². The Morgan fingerprint density at radius 2 is 1.86 bits per heavy atom. The summed E-state index contributed by atoms with van der Waals surface area (Å²) in [7, 11) is 0. The highest BCUT2D eigenvalue weighted by Crippen LogP contribution is 2.23. The molecule has 6 nitrogen and oxygen atoms in total. The monoisotopic (exact) mass is 374 g/mol. The molecule has 0 bridgehead atoms. The average molecular weight is 374 g/mol. The molecule has 0 unspecified atom stereocenters. The second-order valence-corrected chi connectivity index (χ2v) is 6.37. The van der Waals surface area contributed by atoms with Crippen LogP contribution in [0.2, 0.25) is 0 Å². The first-order chi connectivity index (χ1) is 13.7. The van der Waals surface area contributed by atoms with Gasteiger partial charge in [-0.15, -0.1) is 0 Å². The quantitative estimate of drug-likeness (QED) is 0.501. The summed E-state index contributed by atoms with van der Waals surface area (Å²) < 4.78 is 13.0. The summed E-state index contributed by atoms with van der Waals surface area (Å²) in [6.45, 7) is 5.13. The number of nitrogens with zero attached hydrogens (tertiary/aromatic N) is 3. The van der Waals surface area contributed by atoms with Crippen LogP contribution in [0.25, 0.3) is 17.1 Å². The zero-order valence-corrected chi connectivity index (χ0v) is 15.9. The Morgan fingerprint density at radius 3 is 2.61 bits per heavy atom. The van der Waals surface area contributed by atoms with Gasteiger partial charge in [0.15, 0.2) is 0 Å². The zero-order chi connectivity index (χ0) is 19.3. The molecule has 142 valence electrons. The third-order valence-corrected chi connectivity index (χ3v) is 4.25. The molecule has 4 rings (SSSR count). The van der Waals surface area contributed by atoms with Crippen molar-refractivity contribution >= 4 is 5.82 Å². The van der Waals surface area contributed by atoms with E-state index in [4.69, 9.17) is 9.15 Å². The van der Waals surface area contributed by atoms with E-state index in [1.54, 1.807) is 6.26 Å². The van der Waals surface area contributed by atoms with Crippen molar-refractivity contribution in [1.29, 1.82) is 0 Å². The van der Waals surface area contributed by atoms with Crippen molar-refractivity contribution < 1.29 is 9.15 Å². The Bertz CT molecular complexity index is 1040. The molecule has 1 N–H and O–H groups in total. The van der Waals surface area contributed by atoms with Crippen LogP contribution in [0.4, 0.5) is 5.82 Å². The molecule has 0 saturated carbocycles. The highest BCUT2D eigenvalue weighted by atomic mass is 16.5.